The molecule has 0 N–H and O–H groups in total. The number of rotatable bonds is 5. The minimum absolute atomic E-state index is 0.0214. The third kappa shape index (κ3) is 4.04. The number of thioether (sulfide) groups is 1. The molecule has 0 saturated carbocycles. The van der Waals surface area contributed by atoms with Gasteiger partial charge < -0.3 is 14.5 Å². The number of pyridine rings is 2. The Morgan fingerprint density at radius 3 is 2.80 bits per heavy atom. The monoisotopic (exact) mass is 358 g/mol. The van der Waals surface area contributed by atoms with Crippen LogP contribution in [0.2, 0.25) is 0 Å². The number of carbonyl (C=O) groups is 1. The Hall–Kier alpha value is -2.28. The molecule has 0 atom stereocenters. The average Bonchev–Trinajstić information content (AvgIpc) is 2.68. The summed E-state index contributed by atoms with van der Waals surface area (Å²) in [6.07, 6.45) is 7.24. The highest BCUT2D eigenvalue weighted by Crippen LogP contribution is 2.21. The first-order valence-corrected chi connectivity index (χ1v) is 9.58. The van der Waals surface area contributed by atoms with Crippen LogP contribution >= 0.6 is 11.8 Å². The number of hydrogen-bond acceptors (Lipinski definition) is 6. The summed E-state index contributed by atoms with van der Waals surface area (Å²) >= 11 is 1.70. The lowest BCUT2D eigenvalue weighted by atomic mass is 10.2. The van der Waals surface area contributed by atoms with Crippen LogP contribution in [0.25, 0.3) is 0 Å². The van der Waals surface area contributed by atoms with E-state index in [9.17, 15) is 4.79 Å². The van der Waals surface area contributed by atoms with Gasteiger partial charge in [0.1, 0.15) is 11.4 Å². The van der Waals surface area contributed by atoms with Gasteiger partial charge in [-0.25, -0.2) is 0 Å². The van der Waals surface area contributed by atoms with Crippen molar-refractivity contribution in [2.75, 3.05) is 44.4 Å². The molecule has 1 fully saturated rings. The van der Waals surface area contributed by atoms with Crippen LogP contribution in [0.15, 0.2) is 36.8 Å². The molecular formula is C18H22N4O2S. The Bertz CT molecular complexity index is 733. The largest absolute Gasteiger partial charge is 0.495 e. The van der Waals surface area contributed by atoms with Gasteiger partial charge in [-0.3, -0.25) is 14.8 Å². The number of carbonyl (C=O) groups excluding carboxylic acids is 1. The van der Waals surface area contributed by atoms with Gasteiger partial charge in [0.2, 0.25) is 0 Å². The van der Waals surface area contributed by atoms with E-state index < -0.39 is 0 Å². The van der Waals surface area contributed by atoms with Crippen LogP contribution in [0.1, 0.15) is 16.1 Å². The van der Waals surface area contributed by atoms with Crippen LogP contribution in [0.4, 0.5) is 5.69 Å². The summed E-state index contributed by atoms with van der Waals surface area (Å²) in [4.78, 5) is 25.5. The molecule has 0 radical (unpaired) electrons. The van der Waals surface area contributed by atoms with E-state index in [-0.39, 0.29) is 5.91 Å². The second-order valence-corrected chi connectivity index (χ2v) is 6.67. The molecule has 3 heterocycles. The lowest BCUT2D eigenvalue weighted by molar-refractivity contribution is 0.0740. The summed E-state index contributed by atoms with van der Waals surface area (Å²) in [7, 11) is 1.64. The molecule has 132 valence electrons. The van der Waals surface area contributed by atoms with Crippen molar-refractivity contribution in [1.82, 2.24) is 14.9 Å². The topological polar surface area (TPSA) is 58.6 Å². The summed E-state index contributed by atoms with van der Waals surface area (Å²) < 4.78 is 5.24. The lowest BCUT2D eigenvalue weighted by Crippen LogP contribution is -2.49. The maximum atomic E-state index is 12.8. The van der Waals surface area contributed by atoms with Crippen molar-refractivity contribution in [3.8, 4) is 5.75 Å². The van der Waals surface area contributed by atoms with Gasteiger partial charge >= 0.3 is 0 Å². The van der Waals surface area contributed by atoms with Gasteiger partial charge in [-0.05, 0) is 17.9 Å². The Kier molecular flexibility index (Phi) is 5.75. The number of nitrogens with zero attached hydrogens (tertiary/aromatic N) is 4. The Morgan fingerprint density at radius 1 is 1.28 bits per heavy atom. The molecule has 0 spiro atoms. The minimum atomic E-state index is 0.0214. The molecule has 2 aromatic rings. The second-order valence-electron chi connectivity index (χ2n) is 5.81. The molecule has 1 aliphatic rings. The predicted octanol–water partition coefficient (Wildman–Crippen LogP) is 2.31. The number of ether oxygens (including phenoxy) is 1. The van der Waals surface area contributed by atoms with Crippen LogP contribution in [-0.2, 0) is 5.75 Å². The van der Waals surface area contributed by atoms with Gasteiger partial charge in [0, 0.05) is 44.2 Å². The van der Waals surface area contributed by atoms with Crippen molar-refractivity contribution in [3.05, 3.63) is 48.0 Å². The maximum absolute atomic E-state index is 12.8. The van der Waals surface area contributed by atoms with Crippen molar-refractivity contribution in [3.63, 3.8) is 0 Å². The van der Waals surface area contributed by atoms with Gasteiger partial charge in [-0.15, -0.1) is 0 Å². The van der Waals surface area contributed by atoms with Crippen molar-refractivity contribution < 1.29 is 9.53 Å². The Balaban J connectivity index is 1.67. The van der Waals surface area contributed by atoms with Crippen LogP contribution in [0.5, 0.6) is 5.75 Å². The zero-order chi connectivity index (χ0) is 17.6. The SMILES string of the molecule is COc1cncc(N2CCN(C(=O)c3ncccc3CSC)CC2)c1. The number of methoxy groups -OCH3 is 1. The van der Waals surface area contributed by atoms with E-state index >= 15 is 0 Å². The summed E-state index contributed by atoms with van der Waals surface area (Å²) in [6.45, 7) is 2.88. The van der Waals surface area contributed by atoms with E-state index in [1.807, 2.05) is 35.6 Å². The van der Waals surface area contributed by atoms with Crippen LogP contribution < -0.4 is 9.64 Å². The quantitative estimate of drug-likeness (QED) is 0.817. The summed E-state index contributed by atoms with van der Waals surface area (Å²) in [5.74, 6) is 1.56. The van der Waals surface area contributed by atoms with Gasteiger partial charge in [-0.1, -0.05) is 6.07 Å². The van der Waals surface area contributed by atoms with Gasteiger partial charge in [0.25, 0.3) is 5.91 Å². The number of piperazine rings is 1. The van der Waals surface area contributed by atoms with E-state index in [0.717, 1.165) is 35.8 Å². The molecule has 0 bridgehead atoms. The van der Waals surface area contributed by atoms with E-state index in [1.54, 1.807) is 31.3 Å². The van der Waals surface area contributed by atoms with Crippen molar-refractivity contribution in [2.24, 2.45) is 0 Å². The molecule has 1 saturated heterocycles. The van der Waals surface area contributed by atoms with Gasteiger partial charge in [-0.2, -0.15) is 11.8 Å². The van der Waals surface area contributed by atoms with Crippen molar-refractivity contribution in [1.29, 1.82) is 0 Å². The Morgan fingerprint density at radius 2 is 2.08 bits per heavy atom. The zero-order valence-corrected chi connectivity index (χ0v) is 15.3. The van der Waals surface area contributed by atoms with E-state index in [4.69, 9.17) is 4.74 Å². The molecule has 0 aliphatic carbocycles. The van der Waals surface area contributed by atoms with E-state index in [2.05, 4.69) is 14.9 Å². The fourth-order valence-corrected chi connectivity index (χ4v) is 3.46. The third-order valence-corrected chi connectivity index (χ3v) is 4.86. The molecule has 0 aromatic carbocycles. The lowest BCUT2D eigenvalue weighted by Gasteiger charge is -2.36. The molecule has 1 aliphatic heterocycles. The molecular weight excluding hydrogens is 336 g/mol. The minimum Gasteiger partial charge on any atom is -0.495 e. The van der Waals surface area contributed by atoms with E-state index in [1.165, 1.54) is 0 Å². The molecule has 0 unspecified atom stereocenters. The number of aromatic nitrogens is 2. The number of anilines is 1. The first-order chi connectivity index (χ1) is 12.2. The highest BCUT2D eigenvalue weighted by Gasteiger charge is 2.25. The first-order valence-electron chi connectivity index (χ1n) is 8.19. The van der Waals surface area contributed by atoms with Crippen LogP contribution in [0.3, 0.4) is 0 Å². The van der Waals surface area contributed by atoms with E-state index in [0.29, 0.717) is 18.8 Å². The van der Waals surface area contributed by atoms with Crippen molar-refractivity contribution in [2.45, 2.75) is 5.75 Å². The maximum Gasteiger partial charge on any atom is 0.272 e. The summed E-state index contributed by atoms with van der Waals surface area (Å²) in [5, 5.41) is 0. The summed E-state index contributed by atoms with van der Waals surface area (Å²) in [6, 6.07) is 5.84. The summed E-state index contributed by atoms with van der Waals surface area (Å²) in [5.41, 5.74) is 2.60. The number of amides is 1. The predicted molar refractivity (Wildman–Crippen MR) is 100 cm³/mol. The normalized spacial score (nSPS) is 14.5. The third-order valence-electron chi connectivity index (χ3n) is 4.26. The highest BCUT2D eigenvalue weighted by molar-refractivity contribution is 7.97. The second kappa shape index (κ2) is 8.20. The smallest absolute Gasteiger partial charge is 0.272 e. The zero-order valence-electron chi connectivity index (χ0n) is 14.5. The molecule has 6 nitrogen and oxygen atoms in total. The van der Waals surface area contributed by atoms with Crippen LogP contribution in [0, 0.1) is 0 Å². The molecule has 3 rings (SSSR count). The van der Waals surface area contributed by atoms with Crippen LogP contribution in [-0.4, -0.2) is 60.3 Å². The fourth-order valence-electron chi connectivity index (χ4n) is 2.91. The molecule has 7 heteroatoms. The molecule has 2 aromatic heterocycles. The highest BCUT2D eigenvalue weighted by atomic mass is 32.2. The molecule has 1 amide bonds. The van der Waals surface area contributed by atoms with Gasteiger partial charge in [0.05, 0.1) is 25.2 Å². The number of hydrogen-bond donors (Lipinski definition) is 0. The fraction of sp³-hybridized carbons (Fsp3) is 0.389. The first kappa shape index (κ1) is 17.5. The van der Waals surface area contributed by atoms with Crippen molar-refractivity contribution >= 4 is 23.4 Å². The standard InChI is InChI=1S/C18H22N4O2S/c1-24-16-10-15(11-19-12-16)21-6-8-22(9-7-21)18(23)17-14(13-25-2)4-3-5-20-17/h3-5,10-12H,6-9,13H2,1-2H3. The molecule has 25 heavy (non-hydrogen) atoms. The Labute approximate surface area is 152 Å². The van der Waals surface area contributed by atoms with Gasteiger partial charge in [0.15, 0.2) is 0 Å². The average molecular weight is 358 g/mol.